The molecule has 0 bridgehead atoms. The van der Waals surface area contributed by atoms with Gasteiger partial charge in [0, 0.05) is 19.4 Å². The van der Waals surface area contributed by atoms with Gasteiger partial charge in [0.25, 0.3) is 0 Å². The summed E-state index contributed by atoms with van der Waals surface area (Å²) in [7, 11) is 0. The highest BCUT2D eigenvalue weighted by Crippen LogP contribution is 2.62. The van der Waals surface area contributed by atoms with Gasteiger partial charge in [0.15, 0.2) is 5.60 Å². The fourth-order valence-electron chi connectivity index (χ4n) is 6.10. The summed E-state index contributed by atoms with van der Waals surface area (Å²) in [5.74, 6) is -1.87. The van der Waals surface area contributed by atoms with Crippen LogP contribution in [0.15, 0.2) is 47.6 Å². The minimum atomic E-state index is -1.48. The Balaban J connectivity index is 2.03. The van der Waals surface area contributed by atoms with E-state index in [4.69, 9.17) is 9.47 Å². The smallest absolute Gasteiger partial charge is 0.331 e. The fraction of sp³-hybridized carbons (Fsp3) is 0.633. The molecule has 0 amide bonds. The van der Waals surface area contributed by atoms with Crippen molar-refractivity contribution in [1.29, 1.82) is 0 Å². The van der Waals surface area contributed by atoms with E-state index in [0.29, 0.717) is 12.0 Å². The van der Waals surface area contributed by atoms with Crippen molar-refractivity contribution in [3.63, 3.8) is 0 Å². The van der Waals surface area contributed by atoms with Crippen molar-refractivity contribution >= 4 is 17.7 Å². The molecule has 0 aliphatic heterocycles. The van der Waals surface area contributed by atoms with E-state index < -0.39 is 35.7 Å². The van der Waals surface area contributed by atoms with E-state index in [1.54, 1.807) is 19.1 Å². The molecular formula is C30H42O6. The van der Waals surface area contributed by atoms with E-state index in [9.17, 15) is 19.5 Å². The number of ether oxygens (including phenoxy) is 2. The highest BCUT2D eigenvalue weighted by Gasteiger charge is 2.61. The Morgan fingerprint density at radius 3 is 2.50 bits per heavy atom. The van der Waals surface area contributed by atoms with Crippen LogP contribution in [-0.4, -0.2) is 40.6 Å². The van der Waals surface area contributed by atoms with Crippen molar-refractivity contribution in [2.45, 2.75) is 92.0 Å². The van der Waals surface area contributed by atoms with Crippen LogP contribution in [0.5, 0.6) is 0 Å². The zero-order valence-electron chi connectivity index (χ0n) is 22.7. The number of aliphatic hydroxyl groups is 1. The number of carbonyl (C=O) groups is 3. The minimum absolute atomic E-state index is 0.0547. The summed E-state index contributed by atoms with van der Waals surface area (Å²) in [4.78, 5) is 38.7. The van der Waals surface area contributed by atoms with E-state index in [1.165, 1.54) is 13.0 Å². The molecule has 0 aromatic rings. The van der Waals surface area contributed by atoms with Gasteiger partial charge in [-0.15, -0.1) is 0 Å². The number of hydrogen-bond acceptors (Lipinski definition) is 6. The molecule has 198 valence electrons. The van der Waals surface area contributed by atoms with Gasteiger partial charge >= 0.3 is 11.9 Å². The molecule has 0 unspecified atom stereocenters. The number of unbranched alkanes of at least 4 members (excludes halogenated alkanes) is 1. The van der Waals surface area contributed by atoms with Crippen LogP contribution < -0.4 is 0 Å². The lowest BCUT2D eigenvalue weighted by Crippen LogP contribution is -2.48. The van der Waals surface area contributed by atoms with Gasteiger partial charge < -0.3 is 14.6 Å². The maximum absolute atomic E-state index is 13.9. The van der Waals surface area contributed by atoms with E-state index in [-0.39, 0.29) is 35.4 Å². The minimum Gasteiger partial charge on any atom is -0.455 e. The van der Waals surface area contributed by atoms with E-state index in [1.807, 2.05) is 32.1 Å². The maximum atomic E-state index is 13.9. The molecule has 3 aliphatic rings. The van der Waals surface area contributed by atoms with Gasteiger partial charge in [0.05, 0.1) is 12.0 Å². The summed E-state index contributed by atoms with van der Waals surface area (Å²) in [5.41, 5.74) is -0.238. The number of rotatable bonds is 6. The molecule has 0 heterocycles. The lowest BCUT2D eigenvalue weighted by molar-refractivity contribution is -0.168. The zero-order valence-corrected chi connectivity index (χ0v) is 22.7. The van der Waals surface area contributed by atoms with Crippen LogP contribution in [0, 0.1) is 29.1 Å². The first-order chi connectivity index (χ1) is 16.8. The standard InChI is InChI=1S/C30H42O6/c1-8-9-10-11-12-13-26(32)35-25-16-23-22(29(23,6)7)15-19(3)28(34)30(36-21(5)31)17-20(4)27(33)24(30)14-18(25)2/h10-15,20,22-25,27,33H,8-9,16-17H2,1-7H3/b11-10-,13-12+,18-14?,19-15+/t20-,22-,23+,24+,25-,27+,30-/m1/s1. The average Bonchev–Trinajstić information content (AvgIpc) is 3.21. The Morgan fingerprint density at radius 2 is 1.86 bits per heavy atom. The van der Waals surface area contributed by atoms with Gasteiger partial charge in [0.2, 0.25) is 5.78 Å². The normalized spacial score (nSPS) is 37.4. The summed E-state index contributed by atoms with van der Waals surface area (Å²) in [6.07, 6.45) is 12.2. The number of Topliss-reactive ketones (excluding diaryl/α,β-unsaturated/α-hetero) is 1. The number of esters is 2. The van der Waals surface area contributed by atoms with Gasteiger partial charge in [0.1, 0.15) is 6.10 Å². The molecular weight excluding hydrogens is 456 g/mol. The molecule has 6 nitrogen and oxygen atoms in total. The lowest BCUT2D eigenvalue weighted by Gasteiger charge is -2.34. The number of hydrogen-bond donors (Lipinski definition) is 1. The molecule has 0 aromatic heterocycles. The fourth-order valence-corrected chi connectivity index (χ4v) is 6.10. The van der Waals surface area contributed by atoms with Crippen molar-refractivity contribution < 1.29 is 29.0 Å². The van der Waals surface area contributed by atoms with Crippen molar-refractivity contribution in [2.75, 3.05) is 0 Å². The topological polar surface area (TPSA) is 89.9 Å². The van der Waals surface area contributed by atoms with Crippen molar-refractivity contribution in [3.8, 4) is 0 Å². The molecule has 2 fully saturated rings. The van der Waals surface area contributed by atoms with Gasteiger partial charge in [-0.2, -0.15) is 0 Å². The number of fused-ring (bicyclic) bond motifs is 2. The van der Waals surface area contributed by atoms with E-state index in [2.05, 4.69) is 20.8 Å². The summed E-state index contributed by atoms with van der Waals surface area (Å²) in [5, 5.41) is 11.1. The molecule has 2 saturated carbocycles. The molecule has 1 N–H and O–H groups in total. The first kappa shape index (κ1) is 28.1. The molecule has 0 saturated heterocycles. The molecule has 3 aliphatic carbocycles. The molecule has 7 atom stereocenters. The van der Waals surface area contributed by atoms with Crippen LogP contribution in [0.3, 0.4) is 0 Å². The van der Waals surface area contributed by atoms with Crippen molar-refractivity contribution in [3.05, 3.63) is 47.6 Å². The summed E-state index contributed by atoms with van der Waals surface area (Å²) in [6.45, 7) is 13.2. The van der Waals surface area contributed by atoms with Gasteiger partial charge in [-0.3, -0.25) is 9.59 Å². The predicted molar refractivity (Wildman–Crippen MR) is 139 cm³/mol. The van der Waals surface area contributed by atoms with Crippen LogP contribution in [-0.2, 0) is 23.9 Å². The van der Waals surface area contributed by atoms with Crippen molar-refractivity contribution in [1.82, 2.24) is 0 Å². The number of aliphatic hydroxyl groups excluding tert-OH is 1. The Morgan fingerprint density at radius 1 is 1.17 bits per heavy atom. The average molecular weight is 499 g/mol. The molecule has 3 rings (SSSR count). The summed E-state index contributed by atoms with van der Waals surface area (Å²) >= 11 is 0. The third-order valence-corrected chi connectivity index (χ3v) is 8.36. The quantitative estimate of drug-likeness (QED) is 0.232. The largest absolute Gasteiger partial charge is 0.455 e. The monoisotopic (exact) mass is 498 g/mol. The van der Waals surface area contributed by atoms with Crippen LogP contribution in [0.1, 0.15) is 74.1 Å². The van der Waals surface area contributed by atoms with Crippen LogP contribution in [0.2, 0.25) is 0 Å². The SMILES string of the molecule is CCC/C=C\C=C\C(=O)O[C@@H]1C[C@H]2[C@@H](/C=C(\C)C(=O)[C@@]3(OC(C)=O)C[C@@H](C)[C@H](O)[C@@H]3C=C1C)C2(C)C. The Bertz CT molecular complexity index is 999. The highest BCUT2D eigenvalue weighted by molar-refractivity contribution is 6.03. The molecule has 0 radical (unpaired) electrons. The van der Waals surface area contributed by atoms with Crippen LogP contribution in [0.4, 0.5) is 0 Å². The summed E-state index contributed by atoms with van der Waals surface area (Å²) < 4.78 is 11.7. The number of ketones is 1. The number of carbonyl (C=O) groups excluding carboxylic acids is 3. The second-order valence-corrected chi connectivity index (χ2v) is 11.5. The Kier molecular flexibility index (Phi) is 8.49. The summed E-state index contributed by atoms with van der Waals surface area (Å²) in [6, 6.07) is 0. The zero-order chi connectivity index (χ0) is 26.8. The second-order valence-electron chi connectivity index (χ2n) is 11.5. The van der Waals surface area contributed by atoms with E-state index >= 15 is 0 Å². The molecule has 0 spiro atoms. The Hall–Kier alpha value is -2.47. The second kappa shape index (κ2) is 10.9. The highest BCUT2D eigenvalue weighted by atomic mass is 16.6. The van der Waals surface area contributed by atoms with Gasteiger partial charge in [-0.1, -0.05) is 64.5 Å². The molecule has 36 heavy (non-hydrogen) atoms. The van der Waals surface area contributed by atoms with Crippen LogP contribution in [0.25, 0.3) is 0 Å². The number of allylic oxidation sites excluding steroid dienone is 4. The first-order valence-electron chi connectivity index (χ1n) is 13.2. The molecule has 0 aromatic carbocycles. The van der Waals surface area contributed by atoms with Gasteiger partial charge in [-0.05, 0) is 61.0 Å². The first-order valence-corrected chi connectivity index (χ1v) is 13.2. The van der Waals surface area contributed by atoms with Gasteiger partial charge in [-0.25, -0.2) is 4.79 Å². The molecule has 6 heteroatoms. The van der Waals surface area contributed by atoms with Crippen molar-refractivity contribution in [2.24, 2.45) is 29.1 Å². The predicted octanol–water partition coefficient (Wildman–Crippen LogP) is 5.27. The maximum Gasteiger partial charge on any atom is 0.331 e. The van der Waals surface area contributed by atoms with Crippen LogP contribution >= 0.6 is 0 Å². The lowest BCUT2D eigenvalue weighted by atomic mass is 9.80. The Labute approximate surface area is 215 Å². The van der Waals surface area contributed by atoms with E-state index in [0.717, 1.165) is 18.4 Å². The third-order valence-electron chi connectivity index (χ3n) is 8.36. The third kappa shape index (κ3) is 5.59.